The van der Waals surface area contributed by atoms with Gasteiger partial charge in [-0.05, 0) is 24.1 Å². The van der Waals surface area contributed by atoms with Crippen LogP contribution in [0.4, 0.5) is 13.2 Å². The quantitative estimate of drug-likeness (QED) is 0.859. The maximum absolute atomic E-state index is 12.3. The molecular weight excluding hydrogens is 231 g/mol. The minimum atomic E-state index is -4.34. The molecule has 0 radical (unpaired) electrons. The largest absolute Gasteiger partial charge is 0.416 e. The Morgan fingerprint density at radius 1 is 1.24 bits per heavy atom. The van der Waals surface area contributed by atoms with Gasteiger partial charge in [0.2, 0.25) is 0 Å². The van der Waals surface area contributed by atoms with Crippen LogP contribution in [-0.2, 0) is 6.18 Å². The van der Waals surface area contributed by atoms with Gasteiger partial charge >= 0.3 is 6.18 Å². The van der Waals surface area contributed by atoms with Gasteiger partial charge in [0.1, 0.15) is 0 Å². The molecule has 0 saturated heterocycles. The summed E-state index contributed by atoms with van der Waals surface area (Å²) in [5, 5.41) is 9.65. The Kier molecular flexibility index (Phi) is 4.54. The number of benzene rings is 1. The first-order chi connectivity index (χ1) is 7.86. The lowest BCUT2D eigenvalue weighted by Crippen LogP contribution is -2.26. The van der Waals surface area contributed by atoms with E-state index in [9.17, 15) is 18.3 Å². The van der Waals surface area contributed by atoms with Crippen molar-refractivity contribution in [2.24, 2.45) is 5.73 Å². The molecule has 0 fully saturated rings. The average Bonchev–Trinajstić information content (AvgIpc) is 2.27. The van der Waals surface area contributed by atoms with E-state index >= 15 is 0 Å². The van der Waals surface area contributed by atoms with Crippen LogP contribution in [0.25, 0.3) is 0 Å². The van der Waals surface area contributed by atoms with Crippen LogP contribution in [0.1, 0.15) is 36.9 Å². The van der Waals surface area contributed by atoms with Crippen molar-refractivity contribution in [3.63, 3.8) is 0 Å². The minimum absolute atomic E-state index is 0.513. The second kappa shape index (κ2) is 5.51. The summed E-state index contributed by atoms with van der Waals surface area (Å²) in [6.07, 6.45) is -3.76. The van der Waals surface area contributed by atoms with Crippen molar-refractivity contribution < 1.29 is 18.3 Å². The summed E-state index contributed by atoms with van der Waals surface area (Å²) in [5.74, 6) is 0. The van der Waals surface area contributed by atoms with Crippen LogP contribution in [-0.4, -0.2) is 11.2 Å². The summed E-state index contributed by atoms with van der Waals surface area (Å²) in [5.41, 5.74) is 5.56. The average molecular weight is 247 g/mol. The van der Waals surface area contributed by atoms with Crippen LogP contribution in [0, 0.1) is 0 Å². The first kappa shape index (κ1) is 14.0. The van der Waals surface area contributed by atoms with Crippen molar-refractivity contribution in [1.82, 2.24) is 0 Å². The summed E-state index contributed by atoms with van der Waals surface area (Å²) >= 11 is 0. The number of alkyl halides is 3. The maximum Gasteiger partial charge on any atom is 0.416 e. The molecule has 5 heteroatoms. The van der Waals surface area contributed by atoms with E-state index in [2.05, 4.69) is 0 Å². The molecule has 2 nitrogen and oxygen atoms in total. The highest BCUT2D eigenvalue weighted by Gasteiger charge is 2.30. The fraction of sp³-hybridized carbons (Fsp3) is 0.500. The molecule has 1 rings (SSSR count). The first-order valence-corrected chi connectivity index (χ1v) is 5.47. The number of nitrogens with two attached hydrogens (primary N) is 1. The van der Waals surface area contributed by atoms with Gasteiger partial charge < -0.3 is 10.8 Å². The number of rotatable bonds is 4. The monoisotopic (exact) mass is 247 g/mol. The van der Waals surface area contributed by atoms with Crippen LogP contribution >= 0.6 is 0 Å². The summed E-state index contributed by atoms with van der Waals surface area (Å²) in [6.45, 7) is 1.91. The number of hydrogen-bond donors (Lipinski definition) is 2. The van der Waals surface area contributed by atoms with E-state index < -0.39 is 23.9 Å². The Morgan fingerprint density at radius 2 is 1.76 bits per heavy atom. The number of halogens is 3. The fourth-order valence-corrected chi connectivity index (χ4v) is 1.59. The Bertz CT molecular complexity index is 348. The SMILES string of the molecule is CCC[C@H](O)[C@H](N)c1ccc(C(F)(F)F)cc1. The molecule has 0 aliphatic rings. The van der Waals surface area contributed by atoms with Gasteiger partial charge in [-0.25, -0.2) is 0 Å². The molecule has 0 bridgehead atoms. The van der Waals surface area contributed by atoms with E-state index in [-0.39, 0.29) is 0 Å². The first-order valence-electron chi connectivity index (χ1n) is 5.47. The van der Waals surface area contributed by atoms with Crippen LogP contribution in [0.3, 0.4) is 0 Å². The van der Waals surface area contributed by atoms with Crippen molar-refractivity contribution in [2.45, 2.75) is 38.1 Å². The zero-order valence-electron chi connectivity index (χ0n) is 9.54. The molecule has 1 aromatic rings. The predicted octanol–water partition coefficient (Wildman–Crippen LogP) is 2.87. The van der Waals surface area contributed by atoms with Crippen molar-refractivity contribution in [2.75, 3.05) is 0 Å². The standard InChI is InChI=1S/C12H16F3NO/c1-2-3-10(17)11(16)8-4-6-9(7-5-8)12(13,14)15/h4-7,10-11,17H,2-3,16H2,1H3/t10-,11+/m0/s1. The van der Waals surface area contributed by atoms with Crippen molar-refractivity contribution in [3.05, 3.63) is 35.4 Å². The van der Waals surface area contributed by atoms with Gasteiger partial charge in [-0.2, -0.15) is 13.2 Å². The summed E-state index contributed by atoms with van der Waals surface area (Å²) in [7, 11) is 0. The molecule has 0 aromatic heterocycles. The molecule has 0 amide bonds. The molecule has 0 saturated carbocycles. The van der Waals surface area contributed by atoms with E-state index in [1.807, 2.05) is 6.92 Å². The van der Waals surface area contributed by atoms with E-state index in [0.717, 1.165) is 18.6 Å². The van der Waals surface area contributed by atoms with Gasteiger partial charge in [-0.1, -0.05) is 25.5 Å². The third-order valence-corrected chi connectivity index (χ3v) is 2.62. The molecule has 0 aliphatic carbocycles. The molecule has 1 aromatic carbocycles. The Morgan fingerprint density at radius 3 is 2.18 bits per heavy atom. The van der Waals surface area contributed by atoms with Gasteiger partial charge in [0.15, 0.2) is 0 Å². The van der Waals surface area contributed by atoms with Gasteiger partial charge in [0.25, 0.3) is 0 Å². The van der Waals surface area contributed by atoms with Crippen LogP contribution in [0.5, 0.6) is 0 Å². The van der Waals surface area contributed by atoms with Crippen molar-refractivity contribution >= 4 is 0 Å². The highest BCUT2D eigenvalue weighted by atomic mass is 19.4. The lowest BCUT2D eigenvalue weighted by Gasteiger charge is -2.19. The van der Waals surface area contributed by atoms with E-state index in [1.165, 1.54) is 12.1 Å². The molecular formula is C12H16F3NO. The second-order valence-corrected chi connectivity index (χ2v) is 4.00. The number of aliphatic hydroxyl groups is 1. The third kappa shape index (κ3) is 3.71. The number of hydrogen-bond acceptors (Lipinski definition) is 2. The van der Waals surface area contributed by atoms with Crippen LogP contribution in [0.15, 0.2) is 24.3 Å². The fourth-order valence-electron chi connectivity index (χ4n) is 1.59. The normalized spacial score (nSPS) is 15.6. The molecule has 0 spiro atoms. The van der Waals surface area contributed by atoms with Crippen molar-refractivity contribution in [3.8, 4) is 0 Å². The highest BCUT2D eigenvalue weighted by Crippen LogP contribution is 2.30. The highest BCUT2D eigenvalue weighted by molar-refractivity contribution is 5.27. The molecule has 2 atom stereocenters. The Balaban J connectivity index is 2.80. The van der Waals surface area contributed by atoms with Gasteiger partial charge in [-0.15, -0.1) is 0 Å². The van der Waals surface area contributed by atoms with Crippen molar-refractivity contribution in [1.29, 1.82) is 0 Å². The lowest BCUT2D eigenvalue weighted by molar-refractivity contribution is -0.137. The minimum Gasteiger partial charge on any atom is -0.391 e. The van der Waals surface area contributed by atoms with Gasteiger partial charge in [0, 0.05) is 0 Å². The molecule has 3 N–H and O–H groups in total. The second-order valence-electron chi connectivity index (χ2n) is 4.00. The molecule has 96 valence electrons. The molecule has 17 heavy (non-hydrogen) atoms. The Hall–Kier alpha value is -1.07. The van der Waals surface area contributed by atoms with Crippen LogP contribution < -0.4 is 5.73 Å². The summed E-state index contributed by atoms with van der Waals surface area (Å²) in [4.78, 5) is 0. The van der Waals surface area contributed by atoms with E-state index in [1.54, 1.807) is 0 Å². The van der Waals surface area contributed by atoms with E-state index in [4.69, 9.17) is 5.73 Å². The van der Waals surface area contributed by atoms with Gasteiger partial charge in [0.05, 0.1) is 17.7 Å². The lowest BCUT2D eigenvalue weighted by atomic mass is 9.98. The maximum atomic E-state index is 12.3. The zero-order chi connectivity index (χ0) is 13.1. The predicted molar refractivity (Wildman–Crippen MR) is 59.3 cm³/mol. The third-order valence-electron chi connectivity index (χ3n) is 2.62. The zero-order valence-corrected chi connectivity index (χ0v) is 9.54. The van der Waals surface area contributed by atoms with Crippen LogP contribution in [0.2, 0.25) is 0 Å². The Labute approximate surface area is 98.3 Å². The smallest absolute Gasteiger partial charge is 0.391 e. The molecule has 0 aliphatic heterocycles. The topological polar surface area (TPSA) is 46.2 Å². The van der Waals surface area contributed by atoms with E-state index in [0.29, 0.717) is 12.0 Å². The summed E-state index contributed by atoms with van der Waals surface area (Å²) in [6, 6.07) is 3.94. The number of aliphatic hydroxyl groups excluding tert-OH is 1. The summed E-state index contributed by atoms with van der Waals surface area (Å²) < 4.78 is 37.0. The molecule has 0 unspecified atom stereocenters. The molecule has 0 heterocycles. The van der Waals surface area contributed by atoms with Gasteiger partial charge in [-0.3, -0.25) is 0 Å².